The van der Waals surface area contributed by atoms with Gasteiger partial charge in [-0.1, -0.05) is 0 Å². The van der Waals surface area contributed by atoms with Crippen molar-refractivity contribution in [2.45, 2.75) is 6.92 Å². The molecule has 1 aromatic heterocycles. The van der Waals surface area contributed by atoms with E-state index in [1.165, 1.54) is 6.20 Å². The van der Waals surface area contributed by atoms with Gasteiger partial charge in [-0.3, -0.25) is 0 Å². The highest BCUT2D eigenvalue weighted by Crippen LogP contribution is 1.99. The maximum absolute atomic E-state index is 8.41. The third-order valence-corrected chi connectivity index (χ3v) is 1.03. The Kier molecular flexibility index (Phi) is 2.80. The first-order chi connectivity index (χ1) is 5.33. The van der Waals surface area contributed by atoms with Gasteiger partial charge in [-0.05, 0) is 6.92 Å². The number of aliphatic hydroxyl groups is 1. The molecule has 0 aliphatic carbocycles. The fourth-order valence-corrected chi connectivity index (χ4v) is 0.592. The van der Waals surface area contributed by atoms with Crippen molar-refractivity contribution in [2.24, 2.45) is 0 Å². The lowest BCUT2D eigenvalue weighted by Gasteiger charge is -2.00. The molecule has 0 aromatic carbocycles. The monoisotopic (exact) mass is 153 g/mol. The minimum absolute atomic E-state index is 0.0268. The Morgan fingerprint density at radius 3 is 3.18 bits per heavy atom. The number of hydrogen-bond donors (Lipinski definition) is 1. The van der Waals surface area contributed by atoms with Gasteiger partial charge in [-0.15, -0.1) is 0 Å². The summed E-state index contributed by atoms with van der Waals surface area (Å²) < 4.78 is 4.94. The molecule has 1 aromatic rings. The molecular formula is C7H9N2O2. The Hall–Kier alpha value is -1.16. The average molecular weight is 153 g/mol. The van der Waals surface area contributed by atoms with Gasteiger partial charge in [0.2, 0.25) is 0 Å². The predicted molar refractivity (Wildman–Crippen MR) is 38.2 cm³/mol. The van der Waals surface area contributed by atoms with Gasteiger partial charge in [-0.2, -0.15) is 4.98 Å². The number of aliphatic hydroxyl groups excluding tert-OH is 1. The van der Waals surface area contributed by atoms with Crippen LogP contribution in [0, 0.1) is 13.0 Å². The highest BCUT2D eigenvalue weighted by Gasteiger charge is 1.94. The number of aryl methyl sites for hydroxylation is 1. The highest BCUT2D eigenvalue weighted by molar-refractivity contribution is 5.01. The zero-order chi connectivity index (χ0) is 8.10. The fraction of sp³-hybridized carbons (Fsp3) is 0.429. The second-order valence-electron chi connectivity index (χ2n) is 1.95. The van der Waals surface area contributed by atoms with Crippen LogP contribution in [0.5, 0.6) is 6.01 Å². The summed E-state index contributed by atoms with van der Waals surface area (Å²) >= 11 is 0. The molecule has 0 amide bonds. The average Bonchev–Trinajstić information content (AvgIpc) is 2.01. The molecule has 0 aliphatic rings. The van der Waals surface area contributed by atoms with Crippen LogP contribution in [0.3, 0.4) is 0 Å². The van der Waals surface area contributed by atoms with Crippen LogP contribution < -0.4 is 4.74 Å². The molecule has 0 unspecified atom stereocenters. The van der Waals surface area contributed by atoms with Crippen molar-refractivity contribution in [2.75, 3.05) is 13.2 Å². The normalized spacial score (nSPS) is 9.64. The van der Waals surface area contributed by atoms with Gasteiger partial charge in [0.1, 0.15) is 6.61 Å². The number of rotatable bonds is 3. The van der Waals surface area contributed by atoms with Crippen molar-refractivity contribution in [1.29, 1.82) is 0 Å². The van der Waals surface area contributed by atoms with Crippen LogP contribution >= 0.6 is 0 Å². The molecule has 0 saturated heterocycles. The number of ether oxygens (including phenoxy) is 1. The van der Waals surface area contributed by atoms with Gasteiger partial charge in [0, 0.05) is 12.3 Å². The lowest BCUT2D eigenvalue weighted by atomic mass is 10.5. The molecular weight excluding hydrogens is 144 g/mol. The van der Waals surface area contributed by atoms with Gasteiger partial charge in [0.25, 0.3) is 0 Å². The van der Waals surface area contributed by atoms with Crippen molar-refractivity contribution in [1.82, 2.24) is 9.97 Å². The summed E-state index contributed by atoms with van der Waals surface area (Å²) in [4.78, 5) is 7.69. The summed E-state index contributed by atoms with van der Waals surface area (Å²) in [5, 5.41) is 8.41. The summed E-state index contributed by atoms with van der Waals surface area (Å²) in [6.07, 6.45) is 1.50. The van der Waals surface area contributed by atoms with E-state index < -0.39 is 0 Å². The molecule has 59 valence electrons. The first-order valence-electron chi connectivity index (χ1n) is 3.28. The van der Waals surface area contributed by atoms with Crippen LogP contribution in [-0.4, -0.2) is 28.3 Å². The molecule has 0 atom stereocenters. The molecule has 0 bridgehead atoms. The van der Waals surface area contributed by atoms with E-state index in [2.05, 4.69) is 16.0 Å². The second kappa shape index (κ2) is 3.88. The smallest absolute Gasteiger partial charge is 0.316 e. The van der Waals surface area contributed by atoms with Crippen molar-refractivity contribution >= 4 is 0 Å². The van der Waals surface area contributed by atoms with E-state index >= 15 is 0 Å². The van der Waals surface area contributed by atoms with E-state index in [0.717, 1.165) is 5.69 Å². The van der Waals surface area contributed by atoms with E-state index in [1.807, 2.05) is 0 Å². The van der Waals surface area contributed by atoms with Crippen LogP contribution in [0.15, 0.2) is 6.20 Å². The van der Waals surface area contributed by atoms with Crippen molar-refractivity contribution in [3.05, 3.63) is 18.0 Å². The van der Waals surface area contributed by atoms with Crippen LogP contribution in [0.1, 0.15) is 5.69 Å². The van der Waals surface area contributed by atoms with Gasteiger partial charge in [0.05, 0.1) is 12.3 Å². The third kappa shape index (κ3) is 2.51. The molecule has 4 heteroatoms. The van der Waals surface area contributed by atoms with Crippen molar-refractivity contribution < 1.29 is 9.84 Å². The Morgan fingerprint density at radius 2 is 2.55 bits per heavy atom. The SMILES string of the molecule is Cc1[c]cnc(OCCO)n1. The first kappa shape index (κ1) is 7.94. The van der Waals surface area contributed by atoms with Crippen molar-refractivity contribution in [3.63, 3.8) is 0 Å². The summed E-state index contributed by atoms with van der Waals surface area (Å²) in [5.41, 5.74) is 0.730. The molecule has 1 N–H and O–H groups in total. The number of hydrogen-bond acceptors (Lipinski definition) is 4. The van der Waals surface area contributed by atoms with Gasteiger partial charge in [0.15, 0.2) is 0 Å². The maximum atomic E-state index is 8.41. The largest absolute Gasteiger partial charge is 0.461 e. The quantitative estimate of drug-likeness (QED) is 0.661. The summed E-state index contributed by atoms with van der Waals surface area (Å²) in [5.74, 6) is 0. The minimum Gasteiger partial charge on any atom is -0.461 e. The fourth-order valence-electron chi connectivity index (χ4n) is 0.592. The standard InChI is InChI=1S/C7H9N2O2/c1-6-2-3-8-7(9-6)11-5-4-10/h3,10H,4-5H2,1H3. The zero-order valence-corrected chi connectivity index (χ0v) is 6.24. The Labute approximate surface area is 64.9 Å². The third-order valence-electron chi connectivity index (χ3n) is 1.03. The zero-order valence-electron chi connectivity index (χ0n) is 6.24. The highest BCUT2D eigenvalue weighted by atomic mass is 16.5. The van der Waals surface area contributed by atoms with Crippen LogP contribution in [-0.2, 0) is 0 Å². The molecule has 1 rings (SSSR count). The summed E-state index contributed by atoms with van der Waals surface area (Å²) in [6, 6.07) is 3.07. The van der Waals surface area contributed by atoms with E-state index in [4.69, 9.17) is 9.84 Å². The van der Waals surface area contributed by atoms with Crippen LogP contribution in [0.2, 0.25) is 0 Å². The molecule has 0 fully saturated rings. The Bertz CT molecular complexity index is 227. The minimum atomic E-state index is -0.0268. The van der Waals surface area contributed by atoms with E-state index in [-0.39, 0.29) is 19.2 Å². The molecule has 0 spiro atoms. The van der Waals surface area contributed by atoms with Gasteiger partial charge in [-0.25, -0.2) is 4.98 Å². The predicted octanol–water partition coefficient (Wildman–Crippen LogP) is -0.0437. The van der Waals surface area contributed by atoms with E-state index in [0.29, 0.717) is 0 Å². The number of nitrogens with zero attached hydrogens (tertiary/aromatic N) is 2. The Balaban J connectivity index is 2.56. The summed E-state index contributed by atoms with van der Waals surface area (Å²) in [6.45, 7) is 2.00. The van der Waals surface area contributed by atoms with E-state index in [1.54, 1.807) is 6.92 Å². The van der Waals surface area contributed by atoms with Crippen LogP contribution in [0.4, 0.5) is 0 Å². The van der Waals surface area contributed by atoms with Crippen molar-refractivity contribution in [3.8, 4) is 6.01 Å². The molecule has 1 heterocycles. The topological polar surface area (TPSA) is 55.2 Å². The lowest BCUT2D eigenvalue weighted by Crippen LogP contribution is -2.04. The van der Waals surface area contributed by atoms with Crippen LogP contribution in [0.25, 0.3) is 0 Å². The first-order valence-corrected chi connectivity index (χ1v) is 3.28. The summed E-state index contributed by atoms with van der Waals surface area (Å²) in [7, 11) is 0. The number of aromatic nitrogens is 2. The molecule has 11 heavy (non-hydrogen) atoms. The lowest BCUT2D eigenvalue weighted by molar-refractivity contribution is 0.191. The maximum Gasteiger partial charge on any atom is 0.316 e. The van der Waals surface area contributed by atoms with Gasteiger partial charge >= 0.3 is 6.01 Å². The molecule has 4 nitrogen and oxygen atoms in total. The molecule has 1 radical (unpaired) electrons. The van der Waals surface area contributed by atoms with E-state index in [9.17, 15) is 0 Å². The second-order valence-corrected chi connectivity index (χ2v) is 1.95. The molecule has 0 aliphatic heterocycles. The van der Waals surface area contributed by atoms with Gasteiger partial charge < -0.3 is 9.84 Å². The molecule has 0 saturated carbocycles. The Morgan fingerprint density at radius 1 is 1.73 bits per heavy atom.